The van der Waals surface area contributed by atoms with Crippen LogP contribution in [0.25, 0.3) is 0 Å². The van der Waals surface area contributed by atoms with Gasteiger partial charge in [-0.05, 0) is 62.4 Å². The fourth-order valence-electron chi connectivity index (χ4n) is 3.19. The summed E-state index contributed by atoms with van der Waals surface area (Å²) in [4.78, 5) is 26.6. The molecule has 2 N–H and O–H groups in total. The van der Waals surface area contributed by atoms with Gasteiger partial charge in [-0.25, -0.2) is 0 Å². The van der Waals surface area contributed by atoms with Gasteiger partial charge in [0.2, 0.25) is 0 Å². The van der Waals surface area contributed by atoms with Crippen molar-refractivity contribution in [1.82, 2.24) is 5.32 Å². The predicted octanol–water partition coefficient (Wildman–Crippen LogP) is 4.19. The molecule has 1 aliphatic carbocycles. The lowest BCUT2D eigenvalue weighted by Crippen LogP contribution is -2.25. The molecule has 3 rings (SSSR count). The third kappa shape index (κ3) is 4.39. The SMILES string of the molecule is C=CCNC(=O)c1c(NC(=O)c2ccc(OCC)cc2)sc2c1CCCC2. The van der Waals surface area contributed by atoms with E-state index < -0.39 is 0 Å². The number of carbonyl (C=O) groups is 2. The zero-order chi connectivity index (χ0) is 19.2. The molecule has 0 radical (unpaired) electrons. The van der Waals surface area contributed by atoms with Gasteiger partial charge in [-0.2, -0.15) is 0 Å². The van der Waals surface area contributed by atoms with Crippen molar-refractivity contribution in [3.8, 4) is 5.75 Å². The van der Waals surface area contributed by atoms with Gasteiger partial charge in [0.25, 0.3) is 11.8 Å². The highest BCUT2D eigenvalue weighted by molar-refractivity contribution is 7.17. The van der Waals surface area contributed by atoms with Crippen LogP contribution < -0.4 is 15.4 Å². The van der Waals surface area contributed by atoms with Crippen LogP contribution in [0.3, 0.4) is 0 Å². The molecule has 1 aromatic carbocycles. The van der Waals surface area contributed by atoms with Crippen molar-refractivity contribution in [3.63, 3.8) is 0 Å². The second kappa shape index (κ2) is 8.86. The summed E-state index contributed by atoms with van der Waals surface area (Å²) >= 11 is 1.51. The molecule has 0 saturated carbocycles. The largest absolute Gasteiger partial charge is 0.494 e. The maximum absolute atomic E-state index is 12.7. The van der Waals surface area contributed by atoms with E-state index >= 15 is 0 Å². The van der Waals surface area contributed by atoms with E-state index in [1.54, 1.807) is 30.3 Å². The average molecular weight is 385 g/mol. The van der Waals surface area contributed by atoms with E-state index in [2.05, 4.69) is 17.2 Å². The number of ether oxygens (including phenoxy) is 1. The second-order valence-electron chi connectivity index (χ2n) is 6.33. The van der Waals surface area contributed by atoms with Crippen molar-refractivity contribution in [1.29, 1.82) is 0 Å². The van der Waals surface area contributed by atoms with Crippen LogP contribution in [0.5, 0.6) is 5.75 Å². The molecule has 0 aliphatic heterocycles. The van der Waals surface area contributed by atoms with E-state index in [9.17, 15) is 9.59 Å². The van der Waals surface area contributed by atoms with Crippen LogP contribution in [0.2, 0.25) is 0 Å². The molecule has 1 aliphatic rings. The number of hydrogen-bond donors (Lipinski definition) is 2. The summed E-state index contributed by atoms with van der Waals surface area (Å²) in [6.07, 6.45) is 5.67. The molecule has 142 valence electrons. The highest BCUT2D eigenvalue weighted by Gasteiger charge is 2.26. The number of thiophene rings is 1. The Hall–Kier alpha value is -2.60. The summed E-state index contributed by atoms with van der Waals surface area (Å²) in [7, 11) is 0. The Morgan fingerprint density at radius 3 is 2.63 bits per heavy atom. The Bertz CT molecular complexity index is 840. The summed E-state index contributed by atoms with van der Waals surface area (Å²) in [5, 5.41) is 6.41. The van der Waals surface area contributed by atoms with Gasteiger partial charge >= 0.3 is 0 Å². The first-order chi connectivity index (χ1) is 13.1. The minimum Gasteiger partial charge on any atom is -0.494 e. The van der Waals surface area contributed by atoms with Gasteiger partial charge < -0.3 is 15.4 Å². The molecule has 0 unspecified atom stereocenters. The van der Waals surface area contributed by atoms with Crippen molar-refractivity contribution in [2.24, 2.45) is 0 Å². The van der Waals surface area contributed by atoms with Crippen LogP contribution in [0.15, 0.2) is 36.9 Å². The molecule has 6 heteroatoms. The zero-order valence-electron chi connectivity index (χ0n) is 15.5. The van der Waals surface area contributed by atoms with Crippen molar-refractivity contribution < 1.29 is 14.3 Å². The summed E-state index contributed by atoms with van der Waals surface area (Å²) in [5.74, 6) is 0.343. The number of benzene rings is 1. The van der Waals surface area contributed by atoms with Crippen molar-refractivity contribution in [3.05, 3.63) is 58.5 Å². The van der Waals surface area contributed by atoms with Crippen molar-refractivity contribution in [2.75, 3.05) is 18.5 Å². The highest BCUT2D eigenvalue weighted by Crippen LogP contribution is 2.38. The van der Waals surface area contributed by atoms with Crippen LogP contribution >= 0.6 is 11.3 Å². The number of nitrogens with one attached hydrogen (secondary N) is 2. The van der Waals surface area contributed by atoms with E-state index in [-0.39, 0.29) is 11.8 Å². The molecule has 0 spiro atoms. The Kier molecular flexibility index (Phi) is 6.29. The van der Waals surface area contributed by atoms with Crippen LogP contribution in [0.1, 0.15) is 50.9 Å². The molecule has 2 amide bonds. The lowest BCUT2D eigenvalue weighted by atomic mass is 9.95. The fraction of sp³-hybridized carbons (Fsp3) is 0.333. The zero-order valence-corrected chi connectivity index (χ0v) is 16.3. The number of hydrogen-bond acceptors (Lipinski definition) is 4. The van der Waals surface area contributed by atoms with Gasteiger partial charge in [0.05, 0.1) is 12.2 Å². The number of aryl methyl sites for hydroxylation is 1. The summed E-state index contributed by atoms with van der Waals surface area (Å²) in [6.45, 7) is 6.53. The van der Waals surface area contributed by atoms with Crippen LogP contribution in [0, 0.1) is 0 Å². The third-order valence-electron chi connectivity index (χ3n) is 4.46. The van der Waals surface area contributed by atoms with Gasteiger partial charge in [-0.15, -0.1) is 17.9 Å². The van der Waals surface area contributed by atoms with Crippen LogP contribution in [0.4, 0.5) is 5.00 Å². The van der Waals surface area contributed by atoms with Crippen molar-refractivity contribution >= 4 is 28.2 Å². The van der Waals surface area contributed by atoms with E-state index in [1.165, 1.54) is 16.2 Å². The molecule has 5 nitrogen and oxygen atoms in total. The normalized spacial score (nSPS) is 12.8. The van der Waals surface area contributed by atoms with Gasteiger partial charge in [-0.1, -0.05) is 6.08 Å². The van der Waals surface area contributed by atoms with E-state index in [0.717, 1.165) is 37.0 Å². The third-order valence-corrected chi connectivity index (χ3v) is 5.67. The standard InChI is InChI=1S/C21H24N2O3S/c1-3-13-22-20(25)18-16-7-5-6-8-17(16)27-21(18)23-19(24)14-9-11-15(12-10-14)26-4-2/h3,9-12H,1,4-8,13H2,2H3,(H,22,25)(H,23,24). The molecule has 0 bridgehead atoms. The van der Waals surface area contributed by atoms with E-state index in [4.69, 9.17) is 4.74 Å². The Morgan fingerprint density at radius 2 is 1.93 bits per heavy atom. The molecule has 0 saturated heterocycles. The summed E-state index contributed by atoms with van der Waals surface area (Å²) in [5.41, 5.74) is 2.22. The topological polar surface area (TPSA) is 67.4 Å². The molecule has 2 aromatic rings. The first-order valence-electron chi connectivity index (χ1n) is 9.21. The summed E-state index contributed by atoms with van der Waals surface area (Å²) < 4.78 is 5.41. The van der Waals surface area contributed by atoms with Gasteiger partial charge in [0.1, 0.15) is 10.8 Å². The first-order valence-corrected chi connectivity index (χ1v) is 10.0. The van der Waals surface area contributed by atoms with Crippen molar-refractivity contribution in [2.45, 2.75) is 32.6 Å². The number of anilines is 1. The number of amides is 2. The van der Waals surface area contributed by atoms with Gasteiger partial charge in [0.15, 0.2) is 0 Å². The fourth-order valence-corrected chi connectivity index (χ4v) is 4.47. The first kappa shape index (κ1) is 19.2. The Balaban J connectivity index is 1.84. The van der Waals surface area contributed by atoms with Gasteiger partial charge in [-0.3, -0.25) is 9.59 Å². The Labute approximate surface area is 163 Å². The minimum absolute atomic E-state index is 0.156. The second-order valence-corrected chi connectivity index (χ2v) is 7.43. The molecule has 1 heterocycles. The maximum Gasteiger partial charge on any atom is 0.256 e. The smallest absolute Gasteiger partial charge is 0.256 e. The maximum atomic E-state index is 12.7. The molecular formula is C21H24N2O3S. The monoisotopic (exact) mass is 384 g/mol. The highest BCUT2D eigenvalue weighted by atomic mass is 32.1. The van der Waals surface area contributed by atoms with Crippen LogP contribution in [-0.2, 0) is 12.8 Å². The predicted molar refractivity (Wildman–Crippen MR) is 109 cm³/mol. The molecule has 1 aromatic heterocycles. The van der Waals surface area contributed by atoms with Crippen LogP contribution in [-0.4, -0.2) is 25.0 Å². The summed E-state index contributed by atoms with van der Waals surface area (Å²) in [6, 6.07) is 7.00. The Morgan fingerprint density at radius 1 is 1.19 bits per heavy atom. The number of fused-ring (bicyclic) bond motifs is 1. The number of carbonyl (C=O) groups excluding carboxylic acids is 2. The number of rotatable bonds is 7. The van der Waals surface area contributed by atoms with E-state index in [1.807, 2.05) is 6.92 Å². The lowest BCUT2D eigenvalue weighted by Gasteiger charge is -2.13. The molecule has 0 atom stereocenters. The van der Waals surface area contributed by atoms with Gasteiger partial charge in [0, 0.05) is 17.0 Å². The average Bonchev–Trinajstić information content (AvgIpc) is 3.04. The molecule has 27 heavy (non-hydrogen) atoms. The molecule has 0 fully saturated rings. The van der Waals surface area contributed by atoms with E-state index in [0.29, 0.717) is 29.3 Å². The molecular weight excluding hydrogens is 360 g/mol. The quantitative estimate of drug-likeness (QED) is 0.703. The minimum atomic E-state index is -0.227. The lowest BCUT2D eigenvalue weighted by molar-refractivity contribution is 0.0958.